The SMILES string of the molecule is O=C(/C=C/c1ccc(F)cc1)Oc1cccc(C(=O)O)c1. The predicted octanol–water partition coefficient (Wildman–Crippen LogP) is 3.14. The zero-order valence-electron chi connectivity index (χ0n) is 10.8. The van der Waals surface area contributed by atoms with Gasteiger partial charge in [0.15, 0.2) is 0 Å². The van der Waals surface area contributed by atoms with E-state index in [0.717, 1.165) is 0 Å². The summed E-state index contributed by atoms with van der Waals surface area (Å²) in [6.45, 7) is 0. The Morgan fingerprint density at radius 1 is 1.10 bits per heavy atom. The molecule has 2 aromatic rings. The van der Waals surface area contributed by atoms with Crippen LogP contribution in [0.3, 0.4) is 0 Å². The van der Waals surface area contributed by atoms with Crippen molar-refractivity contribution in [2.75, 3.05) is 0 Å². The molecule has 2 aromatic carbocycles. The van der Waals surface area contributed by atoms with E-state index < -0.39 is 11.9 Å². The molecule has 4 nitrogen and oxygen atoms in total. The minimum absolute atomic E-state index is 0.0304. The smallest absolute Gasteiger partial charge is 0.336 e. The maximum atomic E-state index is 12.7. The van der Waals surface area contributed by atoms with Crippen LogP contribution in [-0.2, 0) is 4.79 Å². The van der Waals surface area contributed by atoms with Crippen molar-refractivity contribution in [3.63, 3.8) is 0 Å². The fraction of sp³-hybridized carbons (Fsp3) is 0. The van der Waals surface area contributed by atoms with E-state index in [9.17, 15) is 14.0 Å². The quantitative estimate of drug-likeness (QED) is 0.533. The largest absolute Gasteiger partial charge is 0.478 e. The molecule has 0 saturated heterocycles. The lowest BCUT2D eigenvalue weighted by molar-refractivity contribution is -0.128. The summed E-state index contributed by atoms with van der Waals surface area (Å²) in [5, 5.41) is 8.83. The van der Waals surface area contributed by atoms with Crippen LogP contribution in [0, 0.1) is 5.82 Å². The van der Waals surface area contributed by atoms with E-state index in [1.54, 1.807) is 0 Å². The van der Waals surface area contributed by atoms with Crippen LogP contribution < -0.4 is 4.74 Å². The minimum atomic E-state index is -1.10. The summed E-state index contributed by atoms with van der Waals surface area (Å²) >= 11 is 0. The Balaban J connectivity index is 2.03. The topological polar surface area (TPSA) is 63.6 Å². The lowest BCUT2D eigenvalue weighted by Gasteiger charge is -2.02. The molecule has 0 aliphatic heterocycles. The number of benzene rings is 2. The number of carbonyl (C=O) groups is 2. The number of hydrogen-bond donors (Lipinski definition) is 1. The van der Waals surface area contributed by atoms with E-state index in [2.05, 4.69) is 0 Å². The van der Waals surface area contributed by atoms with Crippen molar-refractivity contribution >= 4 is 18.0 Å². The average Bonchev–Trinajstić information content (AvgIpc) is 2.47. The Labute approximate surface area is 120 Å². The normalized spacial score (nSPS) is 10.5. The van der Waals surface area contributed by atoms with Gasteiger partial charge < -0.3 is 9.84 Å². The first-order valence-electron chi connectivity index (χ1n) is 6.03. The Kier molecular flexibility index (Phi) is 4.46. The van der Waals surface area contributed by atoms with Crippen molar-refractivity contribution in [1.82, 2.24) is 0 Å². The van der Waals surface area contributed by atoms with E-state index in [-0.39, 0.29) is 17.1 Å². The molecule has 21 heavy (non-hydrogen) atoms. The van der Waals surface area contributed by atoms with Crippen LogP contribution in [0.15, 0.2) is 54.6 Å². The van der Waals surface area contributed by atoms with Crippen molar-refractivity contribution in [2.45, 2.75) is 0 Å². The van der Waals surface area contributed by atoms with Crippen molar-refractivity contribution < 1.29 is 23.8 Å². The minimum Gasteiger partial charge on any atom is -0.478 e. The number of esters is 1. The second kappa shape index (κ2) is 6.47. The molecular formula is C16H11FO4. The van der Waals surface area contributed by atoms with Crippen LogP contribution in [0.25, 0.3) is 6.08 Å². The molecule has 0 spiro atoms. The van der Waals surface area contributed by atoms with E-state index in [4.69, 9.17) is 9.84 Å². The molecule has 0 fully saturated rings. The van der Waals surface area contributed by atoms with E-state index in [0.29, 0.717) is 5.56 Å². The number of carbonyl (C=O) groups excluding carboxylic acids is 1. The number of halogens is 1. The van der Waals surface area contributed by atoms with E-state index in [1.807, 2.05) is 0 Å². The highest BCUT2D eigenvalue weighted by molar-refractivity contribution is 5.90. The summed E-state index contributed by atoms with van der Waals surface area (Å²) in [7, 11) is 0. The van der Waals surface area contributed by atoms with Gasteiger partial charge >= 0.3 is 11.9 Å². The van der Waals surface area contributed by atoms with Crippen molar-refractivity contribution in [3.05, 3.63) is 71.6 Å². The third-order valence-electron chi connectivity index (χ3n) is 2.58. The summed E-state index contributed by atoms with van der Waals surface area (Å²) in [4.78, 5) is 22.4. The lowest BCUT2D eigenvalue weighted by atomic mass is 10.2. The van der Waals surface area contributed by atoms with Crippen molar-refractivity contribution in [2.24, 2.45) is 0 Å². The Bertz CT molecular complexity index is 690. The fourth-order valence-corrected chi connectivity index (χ4v) is 1.58. The highest BCUT2D eigenvalue weighted by Crippen LogP contribution is 2.14. The molecule has 0 amide bonds. The molecule has 0 atom stereocenters. The highest BCUT2D eigenvalue weighted by Gasteiger charge is 2.06. The number of rotatable bonds is 4. The van der Waals surface area contributed by atoms with Gasteiger partial charge in [0, 0.05) is 6.08 Å². The first kappa shape index (κ1) is 14.5. The summed E-state index contributed by atoms with van der Waals surface area (Å²) in [5.41, 5.74) is 0.676. The van der Waals surface area contributed by atoms with Crippen LogP contribution in [0.2, 0.25) is 0 Å². The van der Waals surface area contributed by atoms with Gasteiger partial charge in [0.1, 0.15) is 11.6 Å². The number of aromatic carboxylic acids is 1. The van der Waals surface area contributed by atoms with Crippen LogP contribution >= 0.6 is 0 Å². The summed E-state index contributed by atoms with van der Waals surface area (Å²) < 4.78 is 17.7. The van der Waals surface area contributed by atoms with Gasteiger partial charge in [0.05, 0.1) is 5.56 Å². The second-order valence-electron chi connectivity index (χ2n) is 4.14. The number of ether oxygens (including phenoxy) is 1. The van der Waals surface area contributed by atoms with Crippen LogP contribution in [0.5, 0.6) is 5.75 Å². The monoisotopic (exact) mass is 286 g/mol. The molecule has 0 bridgehead atoms. The molecular weight excluding hydrogens is 275 g/mol. The maximum absolute atomic E-state index is 12.7. The van der Waals surface area contributed by atoms with Crippen molar-refractivity contribution in [1.29, 1.82) is 0 Å². The average molecular weight is 286 g/mol. The molecule has 0 aliphatic carbocycles. The molecule has 0 aliphatic rings. The van der Waals surface area contributed by atoms with Gasteiger partial charge in [-0.05, 0) is 42.0 Å². The molecule has 0 radical (unpaired) electrons. The third kappa shape index (κ3) is 4.28. The lowest BCUT2D eigenvalue weighted by Crippen LogP contribution is -2.05. The van der Waals surface area contributed by atoms with Gasteiger partial charge in [-0.3, -0.25) is 0 Å². The zero-order chi connectivity index (χ0) is 15.2. The number of carboxylic acid groups (broad SMARTS) is 1. The highest BCUT2D eigenvalue weighted by atomic mass is 19.1. The Hall–Kier alpha value is -2.95. The molecule has 0 saturated carbocycles. The zero-order valence-corrected chi connectivity index (χ0v) is 10.8. The molecule has 1 N–H and O–H groups in total. The van der Waals surface area contributed by atoms with Gasteiger partial charge in [-0.15, -0.1) is 0 Å². The molecule has 106 valence electrons. The maximum Gasteiger partial charge on any atom is 0.336 e. The van der Waals surface area contributed by atoms with E-state index >= 15 is 0 Å². The van der Waals surface area contributed by atoms with Gasteiger partial charge in [0.25, 0.3) is 0 Å². The fourth-order valence-electron chi connectivity index (χ4n) is 1.58. The predicted molar refractivity (Wildman–Crippen MR) is 74.5 cm³/mol. The molecule has 0 aromatic heterocycles. The van der Waals surface area contributed by atoms with Crippen LogP contribution in [0.4, 0.5) is 4.39 Å². The van der Waals surface area contributed by atoms with Crippen LogP contribution in [-0.4, -0.2) is 17.0 Å². The molecule has 5 heteroatoms. The number of carboxylic acids is 1. The van der Waals surface area contributed by atoms with E-state index in [1.165, 1.54) is 60.7 Å². The van der Waals surface area contributed by atoms with Gasteiger partial charge in [-0.2, -0.15) is 0 Å². The summed E-state index contributed by atoms with van der Waals surface area (Å²) in [6.07, 6.45) is 2.66. The summed E-state index contributed by atoms with van der Waals surface area (Å²) in [6, 6.07) is 11.2. The standard InChI is InChI=1S/C16H11FO4/c17-13-7-4-11(5-8-13)6-9-15(18)21-14-3-1-2-12(10-14)16(19)20/h1-10H,(H,19,20)/b9-6+. The third-order valence-corrected chi connectivity index (χ3v) is 2.58. The Morgan fingerprint density at radius 2 is 1.81 bits per heavy atom. The van der Waals surface area contributed by atoms with Gasteiger partial charge in [0.2, 0.25) is 0 Å². The second-order valence-corrected chi connectivity index (χ2v) is 4.14. The summed E-state index contributed by atoms with van der Waals surface area (Å²) in [5.74, 6) is -1.97. The molecule has 0 unspecified atom stereocenters. The molecule has 2 rings (SSSR count). The first-order chi connectivity index (χ1) is 10.0. The van der Waals surface area contributed by atoms with Gasteiger partial charge in [-0.25, -0.2) is 14.0 Å². The van der Waals surface area contributed by atoms with Gasteiger partial charge in [-0.1, -0.05) is 18.2 Å². The molecule has 0 heterocycles. The van der Waals surface area contributed by atoms with Crippen molar-refractivity contribution in [3.8, 4) is 5.75 Å². The Morgan fingerprint density at radius 3 is 2.48 bits per heavy atom. The number of hydrogen-bond acceptors (Lipinski definition) is 3. The van der Waals surface area contributed by atoms with Crippen LogP contribution in [0.1, 0.15) is 15.9 Å². The first-order valence-corrected chi connectivity index (χ1v) is 6.03.